The van der Waals surface area contributed by atoms with Gasteiger partial charge in [-0.05, 0) is 47.9 Å². The van der Waals surface area contributed by atoms with E-state index in [1.54, 1.807) is 41.6 Å². The summed E-state index contributed by atoms with van der Waals surface area (Å²) < 4.78 is 44.5. The fraction of sp³-hybridized carbons (Fsp3) is 0.261. The van der Waals surface area contributed by atoms with Crippen molar-refractivity contribution in [1.29, 1.82) is 0 Å². The largest absolute Gasteiger partial charge is 0.491 e. The molecular weight excluding hydrogens is 421 g/mol. The highest BCUT2D eigenvalue weighted by Crippen LogP contribution is 2.35. The van der Waals surface area contributed by atoms with E-state index in [9.17, 15) is 18.0 Å². The van der Waals surface area contributed by atoms with E-state index in [1.165, 1.54) is 12.1 Å². The predicted molar refractivity (Wildman–Crippen MR) is 111 cm³/mol. The van der Waals surface area contributed by atoms with Crippen molar-refractivity contribution in [2.45, 2.75) is 24.7 Å². The number of rotatable bonds is 3. The van der Waals surface area contributed by atoms with Crippen LogP contribution in [-0.4, -0.2) is 46.0 Å². The van der Waals surface area contributed by atoms with Gasteiger partial charge in [-0.25, -0.2) is 9.97 Å². The zero-order valence-corrected chi connectivity index (χ0v) is 16.8. The van der Waals surface area contributed by atoms with Crippen LogP contribution in [-0.2, 0) is 6.18 Å². The lowest BCUT2D eigenvalue weighted by Gasteiger charge is -2.20. The molecule has 3 heterocycles. The lowest BCUT2D eigenvalue weighted by Crippen LogP contribution is -2.37. The normalized spacial score (nSPS) is 20.2. The maximum absolute atomic E-state index is 13.3. The number of ether oxygens (including phenoxy) is 1. The van der Waals surface area contributed by atoms with Crippen LogP contribution in [0.1, 0.15) is 22.3 Å². The van der Waals surface area contributed by atoms with Gasteiger partial charge in [-0.1, -0.05) is 18.2 Å². The van der Waals surface area contributed by atoms with E-state index >= 15 is 0 Å². The summed E-state index contributed by atoms with van der Waals surface area (Å²) in [5, 5.41) is 3.25. The molecule has 0 bridgehead atoms. The van der Waals surface area contributed by atoms with Crippen LogP contribution in [0, 0.1) is 0 Å². The number of carbonyl (C=O) groups excluding carboxylic acids is 1. The van der Waals surface area contributed by atoms with E-state index in [1.807, 2.05) is 0 Å². The number of nitrogens with one attached hydrogen (secondary N) is 1. The number of nitrogens with zero attached hydrogens (tertiary/aromatic N) is 3. The SMILES string of the molecule is O=C1c2cc(-c3ccc(C(F)(F)F)cc3)ccc2OC[C@H]2C[C@@H](Nc3ncccn3)CN12. The van der Waals surface area contributed by atoms with E-state index < -0.39 is 11.7 Å². The van der Waals surface area contributed by atoms with Gasteiger partial charge in [0.2, 0.25) is 5.95 Å². The Morgan fingerprint density at radius 1 is 1.03 bits per heavy atom. The van der Waals surface area contributed by atoms with Crippen LogP contribution in [0.15, 0.2) is 60.9 Å². The second kappa shape index (κ2) is 7.81. The van der Waals surface area contributed by atoms with Crippen molar-refractivity contribution in [3.05, 3.63) is 72.1 Å². The first-order valence-electron chi connectivity index (χ1n) is 10.2. The smallest absolute Gasteiger partial charge is 0.416 e. The van der Waals surface area contributed by atoms with Crippen molar-refractivity contribution in [3.63, 3.8) is 0 Å². The molecule has 1 N–H and O–H groups in total. The Kier molecular flexibility index (Phi) is 4.96. The molecule has 6 nitrogen and oxygen atoms in total. The molecule has 2 atom stereocenters. The molecule has 0 saturated carbocycles. The summed E-state index contributed by atoms with van der Waals surface area (Å²) in [6.07, 6.45) is -0.397. The van der Waals surface area contributed by atoms with Gasteiger partial charge in [0, 0.05) is 25.0 Å². The molecule has 9 heteroatoms. The molecule has 1 amide bonds. The molecule has 5 rings (SSSR count). The number of alkyl halides is 3. The van der Waals surface area contributed by atoms with Crippen LogP contribution in [0.25, 0.3) is 11.1 Å². The minimum Gasteiger partial charge on any atom is -0.491 e. The molecule has 3 aromatic rings. The molecule has 1 saturated heterocycles. The van der Waals surface area contributed by atoms with Gasteiger partial charge in [0.15, 0.2) is 0 Å². The van der Waals surface area contributed by atoms with Crippen LogP contribution in [0.5, 0.6) is 5.75 Å². The summed E-state index contributed by atoms with van der Waals surface area (Å²) in [5.41, 5.74) is 0.939. The number of fused-ring (bicyclic) bond motifs is 2. The van der Waals surface area contributed by atoms with Crippen LogP contribution >= 0.6 is 0 Å². The standard InChI is InChI=1S/C23H19F3N4O2/c24-23(25,26)16-5-2-14(3-6-16)15-4-7-20-19(10-15)21(31)30-12-17(11-18(30)13-32-20)29-22-27-8-1-9-28-22/h1-10,17-18H,11-13H2,(H,27,28,29)/t17-,18-/m1/s1. The third kappa shape index (κ3) is 3.86. The fourth-order valence-corrected chi connectivity index (χ4v) is 4.18. The number of hydrogen-bond acceptors (Lipinski definition) is 5. The van der Waals surface area contributed by atoms with Crippen molar-refractivity contribution in [2.24, 2.45) is 0 Å². The Morgan fingerprint density at radius 2 is 1.75 bits per heavy atom. The average molecular weight is 440 g/mol. The number of aromatic nitrogens is 2. The van der Waals surface area contributed by atoms with Crippen molar-refractivity contribution in [3.8, 4) is 16.9 Å². The van der Waals surface area contributed by atoms with Crippen LogP contribution < -0.4 is 10.1 Å². The van der Waals surface area contributed by atoms with Gasteiger partial charge in [0.25, 0.3) is 5.91 Å². The number of carbonyl (C=O) groups is 1. The zero-order chi connectivity index (χ0) is 22.3. The summed E-state index contributed by atoms with van der Waals surface area (Å²) in [7, 11) is 0. The minimum absolute atomic E-state index is 0.00500. The molecule has 0 radical (unpaired) electrons. The predicted octanol–water partition coefficient (Wildman–Crippen LogP) is 4.25. The summed E-state index contributed by atoms with van der Waals surface area (Å²) in [6, 6.07) is 11.7. The number of anilines is 1. The second-order valence-corrected chi connectivity index (χ2v) is 7.86. The highest BCUT2D eigenvalue weighted by molar-refractivity contribution is 5.99. The summed E-state index contributed by atoms with van der Waals surface area (Å²) >= 11 is 0. The van der Waals surface area contributed by atoms with E-state index in [2.05, 4.69) is 15.3 Å². The Morgan fingerprint density at radius 3 is 2.47 bits per heavy atom. The summed E-state index contributed by atoms with van der Waals surface area (Å²) in [6.45, 7) is 0.848. The molecule has 1 fully saturated rings. The van der Waals surface area contributed by atoms with E-state index in [0.717, 1.165) is 12.1 Å². The second-order valence-electron chi connectivity index (χ2n) is 7.86. The van der Waals surface area contributed by atoms with E-state index in [4.69, 9.17) is 4.74 Å². The van der Waals surface area contributed by atoms with Crippen LogP contribution in [0.4, 0.5) is 19.1 Å². The number of benzene rings is 2. The van der Waals surface area contributed by atoms with Crippen molar-refractivity contribution in [1.82, 2.24) is 14.9 Å². The van der Waals surface area contributed by atoms with Gasteiger partial charge in [-0.3, -0.25) is 4.79 Å². The first-order valence-corrected chi connectivity index (χ1v) is 10.2. The van der Waals surface area contributed by atoms with Gasteiger partial charge in [-0.2, -0.15) is 13.2 Å². The van der Waals surface area contributed by atoms with Crippen LogP contribution in [0.3, 0.4) is 0 Å². The van der Waals surface area contributed by atoms with Crippen molar-refractivity contribution >= 4 is 11.9 Å². The third-order valence-corrected chi connectivity index (χ3v) is 5.76. The highest BCUT2D eigenvalue weighted by Gasteiger charge is 2.39. The monoisotopic (exact) mass is 440 g/mol. The first kappa shape index (κ1) is 20.3. The number of hydrogen-bond donors (Lipinski definition) is 1. The Hall–Kier alpha value is -3.62. The molecule has 32 heavy (non-hydrogen) atoms. The average Bonchev–Trinajstić information content (AvgIpc) is 3.14. The molecule has 164 valence electrons. The maximum atomic E-state index is 13.3. The van der Waals surface area contributed by atoms with E-state index in [-0.39, 0.29) is 18.0 Å². The van der Waals surface area contributed by atoms with Crippen molar-refractivity contribution in [2.75, 3.05) is 18.5 Å². The Balaban J connectivity index is 1.38. The molecule has 1 aromatic heterocycles. The molecule has 2 aliphatic rings. The van der Waals surface area contributed by atoms with Gasteiger partial charge in [0.05, 0.1) is 17.2 Å². The molecule has 0 aliphatic carbocycles. The Bertz CT molecular complexity index is 1140. The highest BCUT2D eigenvalue weighted by atomic mass is 19.4. The number of amides is 1. The van der Waals surface area contributed by atoms with Gasteiger partial charge in [-0.15, -0.1) is 0 Å². The molecule has 0 unspecified atom stereocenters. The van der Waals surface area contributed by atoms with Gasteiger partial charge in [0.1, 0.15) is 12.4 Å². The summed E-state index contributed by atoms with van der Waals surface area (Å²) in [4.78, 5) is 23.4. The third-order valence-electron chi connectivity index (χ3n) is 5.76. The first-order chi connectivity index (χ1) is 15.4. The molecule has 0 spiro atoms. The lowest BCUT2D eigenvalue weighted by atomic mass is 10.0. The molecular formula is C23H19F3N4O2. The Labute approximate surface area is 182 Å². The van der Waals surface area contributed by atoms with Crippen molar-refractivity contribution < 1.29 is 22.7 Å². The van der Waals surface area contributed by atoms with E-state index in [0.29, 0.717) is 48.0 Å². The minimum atomic E-state index is -4.39. The molecule has 2 aromatic carbocycles. The quantitative estimate of drug-likeness (QED) is 0.660. The maximum Gasteiger partial charge on any atom is 0.416 e. The van der Waals surface area contributed by atoms with Gasteiger partial charge < -0.3 is 15.0 Å². The van der Waals surface area contributed by atoms with Crippen LogP contribution in [0.2, 0.25) is 0 Å². The van der Waals surface area contributed by atoms with Gasteiger partial charge >= 0.3 is 6.18 Å². The fourth-order valence-electron chi connectivity index (χ4n) is 4.18. The number of halogens is 3. The summed E-state index contributed by atoms with van der Waals surface area (Å²) in [5.74, 6) is 0.832. The molecule has 2 aliphatic heterocycles. The zero-order valence-electron chi connectivity index (χ0n) is 16.8. The topological polar surface area (TPSA) is 67.3 Å². The lowest BCUT2D eigenvalue weighted by molar-refractivity contribution is -0.137.